The minimum absolute atomic E-state index is 0. The van der Waals surface area contributed by atoms with E-state index in [1.54, 1.807) is 25.1 Å². The van der Waals surface area contributed by atoms with Crippen molar-refractivity contribution >= 4 is 41.8 Å². The molecule has 0 saturated heterocycles. The van der Waals surface area contributed by atoms with Gasteiger partial charge in [0.15, 0.2) is 11.7 Å². The Bertz CT molecular complexity index is 666. The number of carbonyl (C=O) groups excluding carboxylic acids is 2. The summed E-state index contributed by atoms with van der Waals surface area (Å²) >= 11 is 0. The third kappa shape index (κ3) is 6.12. The van der Waals surface area contributed by atoms with Crippen LogP contribution >= 0.6 is 24.0 Å². The number of hydrogen-bond donors (Lipinski definition) is 3. The number of hydrogen-bond acceptors (Lipinski definition) is 4. The normalized spacial score (nSPS) is 15.7. The van der Waals surface area contributed by atoms with Crippen molar-refractivity contribution in [2.24, 2.45) is 16.1 Å². The molecule has 1 saturated carbocycles. The zero-order chi connectivity index (χ0) is 19.2. The van der Waals surface area contributed by atoms with Crippen LogP contribution in [0.15, 0.2) is 21.5 Å². The number of primary amides is 1. The Morgan fingerprint density at radius 1 is 1.26 bits per heavy atom. The number of nitrogens with two attached hydrogens (primary N) is 1. The molecule has 0 bridgehead atoms. The van der Waals surface area contributed by atoms with Crippen LogP contribution in [0.5, 0.6) is 0 Å². The molecule has 9 heteroatoms. The maximum absolute atomic E-state index is 12.7. The van der Waals surface area contributed by atoms with E-state index in [9.17, 15) is 9.59 Å². The highest BCUT2D eigenvalue weighted by Gasteiger charge is 2.42. The highest BCUT2D eigenvalue weighted by atomic mass is 127. The number of carbonyl (C=O) groups is 2. The summed E-state index contributed by atoms with van der Waals surface area (Å²) in [7, 11) is 3.60. The van der Waals surface area contributed by atoms with Crippen molar-refractivity contribution in [3.05, 3.63) is 23.7 Å². The van der Waals surface area contributed by atoms with Gasteiger partial charge < -0.3 is 25.7 Å². The number of aliphatic imine (C=N–C) groups is 1. The zero-order valence-corrected chi connectivity index (χ0v) is 18.5. The minimum atomic E-state index is -0.601. The third-order valence-corrected chi connectivity index (χ3v) is 4.66. The highest BCUT2D eigenvalue weighted by molar-refractivity contribution is 14.0. The number of amides is 2. The van der Waals surface area contributed by atoms with Crippen molar-refractivity contribution in [3.63, 3.8) is 0 Å². The Labute approximate surface area is 177 Å². The number of rotatable bonds is 7. The third-order valence-electron chi connectivity index (χ3n) is 4.66. The van der Waals surface area contributed by atoms with Crippen LogP contribution in [0.25, 0.3) is 0 Å². The van der Waals surface area contributed by atoms with Crippen molar-refractivity contribution in [3.8, 4) is 0 Å². The van der Waals surface area contributed by atoms with E-state index in [1.807, 2.05) is 6.92 Å². The summed E-state index contributed by atoms with van der Waals surface area (Å²) in [5.41, 5.74) is 4.81. The molecule has 1 aliphatic rings. The van der Waals surface area contributed by atoms with Gasteiger partial charge in [-0.15, -0.1) is 24.0 Å². The second kappa shape index (κ2) is 10.5. The molecule has 0 atom stereocenters. The molecule has 0 unspecified atom stereocenters. The molecule has 1 fully saturated rings. The first-order chi connectivity index (χ1) is 12.4. The van der Waals surface area contributed by atoms with Crippen LogP contribution in [-0.2, 0) is 11.3 Å². The number of halogens is 1. The van der Waals surface area contributed by atoms with Gasteiger partial charge >= 0.3 is 0 Å². The van der Waals surface area contributed by atoms with Crippen molar-refractivity contribution in [2.45, 2.75) is 39.2 Å². The number of nitrogens with one attached hydrogen (secondary N) is 2. The Morgan fingerprint density at radius 3 is 2.44 bits per heavy atom. The summed E-state index contributed by atoms with van der Waals surface area (Å²) in [4.78, 5) is 29.9. The monoisotopic (exact) mass is 491 g/mol. The van der Waals surface area contributed by atoms with Crippen LogP contribution in [-0.4, -0.2) is 49.9 Å². The predicted octanol–water partition coefficient (Wildman–Crippen LogP) is 1.70. The summed E-state index contributed by atoms with van der Waals surface area (Å²) in [5, 5.41) is 6.47. The van der Waals surface area contributed by atoms with Crippen LogP contribution < -0.4 is 16.4 Å². The Hall–Kier alpha value is -1.78. The van der Waals surface area contributed by atoms with Gasteiger partial charge in [-0.1, -0.05) is 12.8 Å². The highest BCUT2D eigenvalue weighted by Crippen LogP contribution is 2.38. The van der Waals surface area contributed by atoms with Gasteiger partial charge in [-0.2, -0.15) is 0 Å². The fourth-order valence-corrected chi connectivity index (χ4v) is 3.34. The molecule has 2 rings (SSSR count). The molecule has 1 aliphatic carbocycles. The fraction of sp³-hybridized carbons (Fsp3) is 0.611. The molecule has 8 nitrogen and oxygen atoms in total. The van der Waals surface area contributed by atoms with Gasteiger partial charge in [-0.3, -0.25) is 9.59 Å². The van der Waals surface area contributed by atoms with Crippen molar-refractivity contribution < 1.29 is 14.0 Å². The average Bonchev–Trinajstić information content (AvgIpc) is 3.26. The summed E-state index contributed by atoms with van der Waals surface area (Å²) < 4.78 is 5.34. The van der Waals surface area contributed by atoms with E-state index in [4.69, 9.17) is 10.2 Å². The molecule has 0 aromatic carbocycles. The molecule has 1 aromatic rings. The van der Waals surface area contributed by atoms with Gasteiger partial charge in [0.25, 0.3) is 5.91 Å². The SMILES string of the molecule is CCNC(=NCc1ccc(C(N)=O)o1)NCC1(C(=O)N(C)C)CCCC1.I. The van der Waals surface area contributed by atoms with Gasteiger partial charge in [0, 0.05) is 27.2 Å². The van der Waals surface area contributed by atoms with E-state index in [0.29, 0.717) is 24.8 Å². The quantitative estimate of drug-likeness (QED) is 0.305. The van der Waals surface area contributed by atoms with E-state index in [0.717, 1.165) is 25.7 Å². The Balaban J connectivity index is 0.00000364. The number of guanidine groups is 1. The molecule has 27 heavy (non-hydrogen) atoms. The lowest BCUT2D eigenvalue weighted by atomic mass is 9.84. The lowest BCUT2D eigenvalue weighted by Gasteiger charge is -2.31. The van der Waals surface area contributed by atoms with Crippen LogP contribution in [0.2, 0.25) is 0 Å². The molecule has 0 aliphatic heterocycles. The topological polar surface area (TPSA) is 113 Å². The van der Waals surface area contributed by atoms with E-state index in [1.165, 1.54) is 6.07 Å². The van der Waals surface area contributed by atoms with Crippen LogP contribution in [0, 0.1) is 5.41 Å². The Kier molecular flexibility index (Phi) is 9.07. The number of nitrogens with zero attached hydrogens (tertiary/aromatic N) is 2. The molecule has 1 aromatic heterocycles. The molecule has 152 valence electrons. The molecular formula is C18H30IN5O3. The minimum Gasteiger partial charge on any atom is -0.454 e. The molecule has 4 N–H and O–H groups in total. The maximum Gasteiger partial charge on any atom is 0.284 e. The smallest absolute Gasteiger partial charge is 0.284 e. The second-order valence-electron chi connectivity index (χ2n) is 6.87. The summed E-state index contributed by atoms with van der Waals surface area (Å²) in [5.74, 6) is 0.846. The van der Waals surface area contributed by atoms with Gasteiger partial charge in [0.05, 0.1) is 5.41 Å². The molecular weight excluding hydrogens is 461 g/mol. The standard InChI is InChI=1S/C18H29N5O3.HI/c1-4-20-17(21-11-13-7-8-14(26-13)15(19)24)22-12-18(9-5-6-10-18)16(25)23(2)3;/h7-8H,4-6,9-12H2,1-3H3,(H2,19,24)(H2,20,21,22);1H. The van der Waals surface area contributed by atoms with E-state index in [2.05, 4.69) is 15.6 Å². The van der Waals surface area contributed by atoms with Gasteiger partial charge in [-0.25, -0.2) is 4.99 Å². The van der Waals surface area contributed by atoms with Crippen LogP contribution in [0.3, 0.4) is 0 Å². The van der Waals surface area contributed by atoms with Crippen LogP contribution in [0.1, 0.15) is 48.9 Å². The Morgan fingerprint density at radius 2 is 1.93 bits per heavy atom. The van der Waals surface area contributed by atoms with Gasteiger partial charge in [0.2, 0.25) is 5.91 Å². The second-order valence-corrected chi connectivity index (χ2v) is 6.87. The summed E-state index contributed by atoms with van der Waals surface area (Å²) in [6.07, 6.45) is 3.90. The predicted molar refractivity (Wildman–Crippen MR) is 115 cm³/mol. The largest absolute Gasteiger partial charge is 0.454 e. The average molecular weight is 491 g/mol. The molecule has 2 amide bonds. The number of furan rings is 1. The van der Waals surface area contributed by atoms with Gasteiger partial charge in [0.1, 0.15) is 12.3 Å². The first-order valence-electron chi connectivity index (χ1n) is 9.00. The maximum atomic E-state index is 12.7. The van der Waals surface area contributed by atoms with Crippen LogP contribution in [0.4, 0.5) is 0 Å². The lowest BCUT2D eigenvalue weighted by molar-refractivity contribution is -0.138. The van der Waals surface area contributed by atoms with Crippen molar-refractivity contribution in [1.29, 1.82) is 0 Å². The first kappa shape index (κ1) is 23.3. The summed E-state index contributed by atoms with van der Waals surface area (Å²) in [6.45, 7) is 3.49. The van der Waals surface area contributed by atoms with Crippen molar-refractivity contribution in [2.75, 3.05) is 27.2 Å². The fourth-order valence-electron chi connectivity index (χ4n) is 3.34. The first-order valence-corrected chi connectivity index (χ1v) is 9.00. The molecule has 0 radical (unpaired) electrons. The van der Waals surface area contributed by atoms with Gasteiger partial charge in [-0.05, 0) is 31.9 Å². The van der Waals surface area contributed by atoms with E-state index < -0.39 is 5.91 Å². The lowest BCUT2D eigenvalue weighted by Crippen LogP contribution is -2.49. The summed E-state index contributed by atoms with van der Waals surface area (Å²) in [6, 6.07) is 3.22. The molecule has 1 heterocycles. The van der Waals surface area contributed by atoms with E-state index >= 15 is 0 Å². The van der Waals surface area contributed by atoms with E-state index in [-0.39, 0.29) is 47.6 Å². The molecule has 0 spiro atoms. The van der Waals surface area contributed by atoms with Crippen molar-refractivity contribution in [1.82, 2.24) is 15.5 Å². The zero-order valence-electron chi connectivity index (χ0n) is 16.2.